The summed E-state index contributed by atoms with van der Waals surface area (Å²) >= 11 is 0. The fraction of sp³-hybridized carbons (Fsp3) is 0.273. The number of hydrogen-bond acceptors (Lipinski definition) is 3. The van der Waals surface area contributed by atoms with Gasteiger partial charge in [-0.2, -0.15) is 0 Å². The number of fused-ring (bicyclic) bond motifs is 1. The SMILES string of the molecule is Cc1cc2c(cc1C1=NC=CN(C(=O)Nc3c(F)cccc3F)C1)C(C)(C)CO2. The maximum absolute atomic E-state index is 13.8. The van der Waals surface area contributed by atoms with Crippen LogP contribution in [0.2, 0.25) is 0 Å². The van der Waals surface area contributed by atoms with Gasteiger partial charge in [-0.15, -0.1) is 0 Å². The van der Waals surface area contributed by atoms with Gasteiger partial charge in [0.1, 0.15) is 23.1 Å². The molecule has 2 aliphatic rings. The first kappa shape index (κ1) is 19.1. The summed E-state index contributed by atoms with van der Waals surface area (Å²) in [6.45, 7) is 6.98. The summed E-state index contributed by atoms with van der Waals surface area (Å²) in [6.07, 6.45) is 2.98. The third-order valence-corrected chi connectivity index (χ3v) is 5.21. The van der Waals surface area contributed by atoms with Crippen molar-refractivity contribution in [1.82, 2.24) is 4.90 Å². The van der Waals surface area contributed by atoms with Crippen LogP contribution in [0.15, 0.2) is 47.7 Å². The largest absolute Gasteiger partial charge is 0.492 e. The quantitative estimate of drug-likeness (QED) is 0.795. The van der Waals surface area contributed by atoms with Gasteiger partial charge in [-0.3, -0.25) is 9.89 Å². The van der Waals surface area contributed by atoms with E-state index in [-0.39, 0.29) is 12.0 Å². The number of carbonyl (C=O) groups excluding carboxylic acids is 1. The lowest BCUT2D eigenvalue weighted by atomic mass is 9.84. The molecule has 29 heavy (non-hydrogen) atoms. The molecule has 0 aliphatic carbocycles. The average molecular weight is 397 g/mol. The van der Waals surface area contributed by atoms with Crippen LogP contribution in [-0.4, -0.2) is 29.8 Å². The highest BCUT2D eigenvalue weighted by Gasteiger charge is 2.33. The second kappa shape index (κ2) is 6.99. The molecular formula is C22H21F2N3O2. The number of aliphatic imine (C=N–C) groups is 1. The number of rotatable bonds is 2. The summed E-state index contributed by atoms with van der Waals surface area (Å²) in [4.78, 5) is 18.3. The van der Waals surface area contributed by atoms with Crippen molar-refractivity contribution in [2.45, 2.75) is 26.2 Å². The maximum atomic E-state index is 13.8. The minimum absolute atomic E-state index is 0.109. The monoisotopic (exact) mass is 397 g/mol. The van der Waals surface area contributed by atoms with E-state index in [0.29, 0.717) is 12.3 Å². The molecule has 2 amide bonds. The summed E-state index contributed by atoms with van der Waals surface area (Å²) in [6, 6.07) is 6.83. The van der Waals surface area contributed by atoms with E-state index in [0.717, 1.165) is 34.6 Å². The smallest absolute Gasteiger partial charge is 0.326 e. The number of halogens is 2. The van der Waals surface area contributed by atoms with Crippen LogP contribution in [0.3, 0.4) is 0 Å². The van der Waals surface area contributed by atoms with E-state index in [1.165, 1.54) is 23.4 Å². The maximum Gasteiger partial charge on any atom is 0.326 e. The Morgan fingerprint density at radius 2 is 1.97 bits per heavy atom. The third kappa shape index (κ3) is 3.48. The van der Waals surface area contributed by atoms with Gasteiger partial charge < -0.3 is 10.1 Å². The summed E-state index contributed by atoms with van der Waals surface area (Å²) in [5.41, 5.74) is 3.11. The molecule has 0 unspecified atom stereocenters. The van der Waals surface area contributed by atoms with E-state index in [9.17, 15) is 13.6 Å². The van der Waals surface area contributed by atoms with E-state index < -0.39 is 23.4 Å². The molecule has 2 aromatic rings. The lowest BCUT2D eigenvalue weighted by Gasteiger charge is -2.24. The van der Waals surface area contributed by atoms with Crippen molar-refractivity contribution in [2.24, 2.45) is 4.99 Å². The molecule has 0 fully saturated rings. The predicted molar refractivity (Wildman–Crippen MR) is 107 cm³/mol. The van der Waals surface area contributed by atoms with E-state index >= 15 is 0 Å². The minimum atomic E-state index is -0.829. The first-order chi connectivity index (χ1) is 13.8. The van der Waals surface area contributed by atoms with Crippen LogP contribution in [0.5, 0.6) is 5.75 Å². The fourth-order valence-electron chi connectivity index (χ4n) is 3.53. The summed E-state index contributed by atoms with van der Waals surface area (Å²) in [7, 11) is 0. The van der Waals surface area contributed by atoms with Crippen molar-refractivity contribution in [3.63, 3.8) is 0 Å². The van der Waals surface area contributed by atoms with Crippen molar-refractivity contribution >= 4 is 17.4 Å². The highest BCUT2D eigenvalue weighted by molar-refractivity contribution is 6.06. The molecule has 7 heteroatoms. The van der Waals surface area contributed by atoms with Crippen molar-refractivity contribution in [1.29, 1.82) is 0 Å². The molecule has 2 aromatic carbocycles. The van der Waals surface area contributed by atoms with Gasteiger partial charge >= 0.3 is 6.03 Å². The van der Waals surface area contributed by atoms with E-state index in [1.54, 1.807) is 0 Å². The number of nitrogens with zero attached hydrogens (tertiary/aromatic N) is 2. The highest BCUT2D eigenvalue weighted by Crippen LogP contribution is 2.40. The summed E-state index contributed by atoms with van der Waals surface area (Å²) in [5, 5.41) is 2.30. The standard InChI is InChI=1S/C22H21F2N3O2/c1-13-9-19-15(22(2,3)12-29-19)10-14(13)18-11-27(8-7-25-18)21(28)26-20-16(23)5-4-6-17(20)24/h4-10H,11-12H2,1-3H3,(H,26,28). The van der Waals surface area contributed by atoms with Crippen LogP contribution in [0.4, 0.5) is 19.3 Å². The van der Waals surface area contributed by atoms with E-state index in [4.69, 9.17) is 4.74 Å². The van der Waals surface area contributed by atoms with E-state index in [1.807, 2.05) is 13.0 Å². The number of anilines is 1. The second-order valence-corrected chi connectivity index (χ2v) is 7.86. The Labute approximate surface area is 167 Å². The Balaban J connectivity index is 1.58. The first-order valence-corrected chi connectivity index (χ1v) is 9.29. The Morgan fingerprint density at radius 3 is 2.69 bits per heavy atom. The van der Waals surface area contributed by atoms with Crippen molar-refractivity contribution in [3.8, 4) is 5.75 Å². The number of urea groups is 1. The Kier molecular flexibility index (Phi) is 4.61. The van der Waals surface area contributed by atoms with Crippen molar-refractivity contribution in [2.75, 3.05) is 18.5 Å². The van der Waals surface area contributed by atoms with Crippen molar-refractivity contribution < 1.29 is 18.3 Å². The average Bonchev–Trinajstić information content (AvgIpc) is 2.98. The van der Waals surface area contributed by atoms with Crippen LogP contribution in [0.1, 0.15) is 30.5 Å². The van der Waals surface area contributed by atoms with Crippen LogP contribution < -0.4 is 10.1 Å². The number of ether oxygens (including phenoxy) is 1. The van der Waals surface area contributed by atoms with Gasteiger partial charge in [-0.25, -0.2) is 13.6 Å². The Bertz CT molecular complexity index is 1040. The van der Waals surface area contributed by atoms with Gasteiger partial charge in [0.25, 0.3) is 0 Å². The number of amides is 2. The number of aryl methyl sites for hydroxylation is 1. The molecule has 1 N–H and O–H groups in total. The summed E-state index contributed by atoms with van der Waals surface area (Å²) < 4.78 is 33.5. The van der Waals surface area contributed by atoms with Gasteiger partial charge in [-0.05, 0) is 36.8 Å². The predicted octanol–water partition coefficient (Wildman–Crippen LogP) is 4.75. The minimum Gasteiger partial charge on any atom is -0.492 e. The zero-order valence-corrected chi connectivity index (χ0v) is 16.4. The van der Waals surface area contributed by atoms with Crippen molar-refractivity contribution in [3.05, 3.63) is 71.1 Å². The van der Waals surface area contributed by atoms with Crippen LogP contribution in [-0.2, 0) is 5.41 Å². The lowest BCUT2D eigenvalue weighted by molar-refractivity contribution is 0.232. The molecule has 0 spiro atoms. The molecule has 0 bridgehead atoms. The van der Waals surface area contributed by atoms with E-state index in [2.05, 4.69) is 30.2 Å². The molecular weight excluding hydrogens is 376 g/mol. The number of carbonyl (C=O) groups is 1. The van der Waals surface area contributed by atoms with Crippen LogP contribution >= 0.6 is 0 Å². The van der Waals surface area contributed by atoms with Gasteiger partial charge in [0.15, 0.2) is 0 Å². The molecule has 0 saturated heterocycles. The number of hydrogen-bond donors (Lipinski definition) is 1. The zero-order valence-electron chi connectivity index (χ0n) is 16.4. The lowest BCUT2D eigenvalue weighted by Crippen LogP contribution is -2.37. The summed E-state index contributed by atoms with van der Waals surface area (Å²) in [5.74, 6) is -0.789. The zero-order chi connectivity index (χ0) is 20.8. The van der Waals surface area contributed by atoms with Gasteiger partial charge in [0, 0.05) is 28.9 Å². The Morgan fingerprint density at radius 1 is 1.24 bits per heavy atom. The third-order valence-electron chi connectivity index (χ3n) is 5.21. The Hall–Kier alpha value is -3.22. The molecule has 2 aliphatic heterocycles. The van der Waals surface area contributed by atoms with Gasteiger partial charge in [0.05, 0.1) is 18.9 Å². The van der Waals surface area contributed by atoms with Crippen LogP contribution in [0.25, 0.3) is 0 Å². The highest BCUT2D eigenvalue weighted by atomic mass is 19.1. The van der Waals surface area contributed by atoms with Gasteiger partial charge in [-0.1, -0.05) is 19.9 Å². The molecule has 0 radical (unpaired) electrons. The molecule has 0 aromatic heterocycles. The van der Waals surface area contributed by atoms with Gasteiger partial charge in [0.2, 0.25) is 0 Å². The molecule has 5 nitrogen and oxygen atoms in total. The molecule has 150 valence electrons. The molecule has 2 heterocycles. The molecule has 0 atom stereocenters. The van der Waals surface area contributed by atoms with Crippen LogP contribution in [0, 0.1) is 18.6 Å². The number of para-hydroxylation sites is 1. The molecule has 4 rings (SSSR count). The second-order valence-electron chi connectivity index (χ2n) is 7.86. The topological polar surface area (TPSA) is 53.9 Å². The fourth-order valence-corrected chi connectivity index (χ4v) is 3.53. The number of benzene rings is 2. The normalized spacial score (nSPS) is 16.9. The molecule has 0 saturated carbocycles. The number of nitrogens with one attached hydrogen (secondary N) is 1. The first-order valence-electron chi connectivity index (χ1n) is 9.29.